The molecule has 0 aliphatic carbocycles. The topological polar surface area (TPSA) is 99.5 Å². The Kier molecular flexibility index (Phi) is 6.78. The highest BCUT2D eigenvalue weighted by atomic mass is 16.5. The summed E-state index contributed by atoms with van der Waals surface area (Å²) in [5.41, 5.74) is 0.770. The molecule has 0 fully saturated rings. The lowest BCUT2D eigenvalue weighted by Crippen LogP contribution is -2.27. The molecule has 0 aliphatic rings. The number of aryl methyl sites for hydroxylation is 1. The van der Waals surface area contributed by atoms with Crippen molar-refractivity contribution >= 4 is 17.6 Å². The van der Waals surface area contributed by atoms with Gasteiger partial charge in [0.15, 0.2) is 6.61 Å². The highest BCUT2D eigenvalue weighted by molar-refractivity contribution is 5.94. The van der Waals surface area contributed by atoms with Crippen LogP contribution in [-0.2, 0) is 9.53 Å². The van der Waals surface area contributed by atoms with Crippen LogP contribution < -0.4 is 15.5 Å². The van der Waals surface area contributed by atoms with Gasteiger partial charge in [-0.05, 0) is 55.5 Å². The second-order valence-corrected chi connectivity index (χ2v) is 7.31. The third-order valence-corrected chi connectivity index (χ3v) is 4.75. The Labute approximate surface area is 195 Å². The first-order valence-corrected chi connectivity index (χ1v) is 10.5. The van der Waals surface area contributed by atoms with Gasteiger partial charge in [-0.1, -0.05) is 36.4 Å². The molecule has 34 heavy (non-hydrogen) atoms. The van der Waals surface area contributed by atoms with Gasteiger partial charge in [-0.15, -0.1) is 0 Å². The van der Waals surface area contributed by atoms with Crippen LogP contribution in [0, 0.1) is 6.92 Å². The van der Waals surface area contributed by atoms with Gasteiger partial charge in [0.1, 0.15) is 11.5 Å². The summed E-state index contributed by atoms with van der Waals surface area (Å²) in [4.78, 5) is 36.9. The molecule has 3 aromatic carbocycles. The number of rotatable bonds is 7. The predicted molar refractivity (Wildman–Crippen MR) is 126 cm³/mol. The smallest absolute Gasteiger partial charge is 0.363 e. The minimum Gasteiger partial charge on any atom is -0.457 e. The number of para-hydroxylation sites is 2. The van der Waals surface area contributed by atoms with Gasteiger partial charge in [0, 0.05) is 17.4 Å². The molecule has 0 atom stereocenters. The van der Waals surface area contributed by atoms with Gasteiger partial charge in [-0.25, -0.2) is 9.48 Å². The molecule has 1 heterocycles. The van der Waals surface area contributed by atoms with Crippen LogP contribution in [0.15, 0.2) is 95.8 Å². The van der Waals surface area contributed by atoms with Crippen LogP contribution in [0.5, 0.6) is 11.5 Å². The SMILES string of the molecule is Cc1cc(=O)c(C(=O)OCC(=O)Nc2ccc(Oc3ccccc3)cc2)nn1-c1ccccc1. The Morgan fingerprint density at radius 3 is 2.18 bits per heavy atom. The van der Waals surface area contributed by atoms with Crippen LogP contribution in [0.2, 0.25) is 0 Å². The van der Waals surface area contributed by atoms with Crippen molar-refractivity contribution in [2.24, 2.45) is 0 Å². The Bertz CT molecular complexity index is 1350. The van der Waals surface area contributed by atoms with Crippen molar-refractivity contribution in [2.45, 2.75) is 6.92 Å². The molecule has 0 unspecified atom stereocenters. The summed E-state index contributed by atoms with van der Waals surface area (Å²) >= 11 is 0. The van der Waals surface area contributed by atoms with E-state index in [1.807, 2.05) is 48.5 Å². The number of nitrogens with zero attached hydrogens (tertiary/aromatic N) is 2. The second-order valence-electron chi connectivity index (χ2n) is 7.31. The molecule has 4 rings (SSSR count). The maximum absolute atomic E-state index is 12.4. The van der Waals surface area contributed by atoms with E-state index in [2.05, 4.69) is 10.4 Å². The quantitative estimate of drug-likeness (QED) is 0.421. The van der Waals surface area contributed by atoms with E-state index in [1.54, 1.807) is 43.3 Å². The van der Waals surface area contributed by atoms with E-state index in [0.29, 0.717) is 28.6 Å². The number of carbonyl (C=O) groups excluding carboxylic acids is 2. The minimum absolute atomic E-state index is 0.398. The van der Waals surface area contributed by atoms with Crippen molar-refractivity contribution in [3.63, 3.8) is 0 Å². The highest BCUT2D eigenvalue weighted by Crippen LogP contribution is 2.22. The number of hydrogen-bond acceptors (Lipinski definition) is 6. The number of nitrogens with one attached hydrogen (secondary N) is 1. The van der Waals surface area contributed by atoms with Crippen molar-refractivity contribution in [3.05, 3.63) is 113 Å². The first-order chi connectivity index (χ1) is 16.5. The van der Waals surface area contributed by atoms with Crippen LogP contribution in [0.3, 0.4) is 0 Å². The number of benzene rings is 3. The molecule has 0 saturated heterocycles. The number of aromatic nitrogens is 2. The fourth-order valence-corrected chi connectivity index (χ4v) is 3.15. The van der Waals surface area contributed by atoms with Crippen LogP contribution in [-0.4, -0.2) is 28.3 Å². The summed E-state index contributed by atoms with van der Waals surface area (Å²) in [5, 5.41) is 6.76. The molecule has 0 bridgehead atoms. The molecule has 8 heteroatoms. The van der Waals surface area contributed by atoms with Crippen LogP contribution in [0.4, 0.5) is 5.69 Å². The number of hydrogen-bond donors (Lipinski definition) is 1. The summed E-state index contributed by atoms with van der Waals surface area (Å²) in [7, 11) is 0. The highest BCUT2D eigenvalue weighted by Gasteiger charge is 2.18. The molecule has 1 N–H and O–H groups in total. The largest absolute Gasteiger partial charge is 0.457 e. The molecule has 0 saturated carbocycles. The van der Waals surface area contributed by atoms with E-state index >= 15 is 0 Å². The maximum atomic E-state index is 12.4. The van der Waals surface area contributed by atoms with Gasteiger partial charge in [-0.2, -0.15) is 5.10 Å². The number of carbonyl (C=O) groups is 2. The van der Waals surface area contributed by atoms with Gasteiger partial charge in [0.2, 0.25) is 11.1 Å². The maximum Gasteiger partial charge on any atom is 0.363 e. The van der Waals surface area contributed by atoms with Crippen molar-refractivity contribution in [1.82, 2.24) is 9.78 Å². The fourth-order valence-electron chi connectivity index (χ4n) is 3.15. The normalized spacial score (nSPS) is 10.4. The first-order valence-electron chi connectivity index (χ1n) is 10.5. The van der Waals surface area contributed by atoms with Gasteiger partial charge < -0.3 is 14.8 Å². The first kappa shape index (κ1) is 22.5. The van der Waals surface area contributed by atoms with Crippen molar-refractivity contribution in [2.75, 3.05) is 11.9 Å². The van der Waals surface area contributed by atoms with Crippen LogP contribution in [0.1, 0.15) is 16.2 Å². The molecule has 0 radical (unpaired) electrons. The zero-order valence-corrected chi connectivity index (χ0v) is 18.3. The minimum atomic E-state index is -0.976. The molecular formula is C26H21N3O5. The summed E-state index contributed by atoms with van der Waals surface area (Å²) in [6, 6.07) is 26.4. The molecular weight excluding hydrogens is 434 g/mol. The molecule has 0 aliphatic heterocycles. The third kappa shape index (κ3) is 5.55. The molecule has 1 amide bonds. The number of amides is 1. The fraction of sp³-hybridized carbons (Fsp3) is 0.0769. The van der Waals surface area contributed by atoms with Crippen LogP contribution >= 0.6 is 0 Å². The standard InChI is InChI=1S/C26H21N3O5/c1-18-16-23(30)25(28-29(18)20-8-4-2-5-9-20)26(32)33-17-24(31)27-19-12-14-22(15-13-19)34-21-10-6-3-7-11-21/h2-16H,17H2,1H3,(H,27,31). The Morgan fingerprint density at radius 1 is 0.882 bits per heavy atom. The third-order valence-electron chi connectivity index (χ3n) is 4.75. The molecule has 1 aromatic heterocycles. The Morgan fingerprint density at radius 2 is 1.50 bits per heavy atom. The van der Waals surface area contributed by atoms with E-state index < -0.39 is 29.6 Å². The Balaban J connectivity index is 1.36. The number of anilines is 1. The van der Waals surface area contributed by atoms with Gasteiger partial charge >= 0.3 is 5.97 Å². The summed E-state index contributed by atoms with van der Waals surface area (Å²) in [5.74, 6) is -0.227. The summed E-state index contributed by atoms with van der Waals surface area (Å²) in [6.07, 6.45) is 0. The summed E-state index contributed by atoms with van der Waals surface area (Å²) < 4.78 is 12.2. The lowest BCUT2D eigenvalue weighted by molar-refractivity contribution is -0.119. The van der Waals surface area contributed by atoms with Crippen molar-refractivity contribution in [1.29, 1.82) is 0 Å². The molecule has 4 aromatic rings. The lowest BCUT2D eigenvalue weighted by atomic mass is 10.3. The van der Waals surface area contributed by atoms with Gasteiger partial charge in [-0.3, -0.25) is 9.59 Å². The Hall–Kier alpha value is -4.72. The van der Waals surface area contributed by atoms with Crippen LogP contribution in [0.25, 0.3) is 5.69 Å². The van der Waals surface area contributed by atoms with E-state index in [1.165, 1.54) is 10.7 Å². The van der Waals surface area contributed by atoms with Gasteiger partial charge in [0.25, 0.3) is 5.91 Å². The number of esters is 1. The number of ether oxygens (including phenoxy) is 2. The average Bonchev–Trinajstić information content (AvgIpc) is 2.85. The molecule has 0 spiro atoms. The van der Waals surface area contributed by atoms with E-state index in [-0.39, 0.29) is 0 Å². The summed E-state index contributed by atoms with van der Waals surface area (Å²) in [6.45, 7) is 1.14. The lowest BCUT2D eigenvalue weighted by Gasteiger charge is -2.11. The van der Waals surface area contributed by atoms with Gasteiger partial charge in [0.05, 0.1) is 5.69 Å². The van der Waals surface area contributed by atoms with E-state index in [0.717, 1.165) is 0 Å². The van der Waals surface area contributed by atoms with Crippen molar-refractivity contribution < 1.29 is 19.1 Å². The van der Waals surface area contributed by atoms with Crippen molar-refractivity contribution in [3.8, 4) is 17.2 Å². The monoisotopic (exact) mass is 455 g/mol. The van der Waals surface area contributed by atoms with E-state index in [4.69, 9.17) is 9.47 Å². The average molecular weight is 455 g/mol. The second kappa shape index (κ2) is 10.3. The zero-order chi connectivity index (χ0) is 23.9. The molecule has 170 valence electrons. The molecule has 8 nitrogen and oxygen atoms in total. The van der Waals surface area contributed by atoms with E-state index in [9.17, 15) is 14.4 Å². The zero-order valence-electron chi connectivity index (χ0n) is 18.3. The predicted octanol–water partition coefficient (Wildman–Crippen LogP) is 4.13.